The van der Waals surface area contributed by atoms with E-state index in [4.69, 9.17) is 10.5 Å². The normalized spacial score (nSPS) is 12.9. The molecule has 0 spiro atoms. The van der Waals surface area contributed by atoms with E-state index in [1.54, 1.807) is 7.11 Å². The minimum absolute atomic E-state index is 0.0630. The molecule has 1 unspecified atom stereocenters. The average Bonchev–Trinajstić information content (AvgIpc) is 2.37. The molecule has 1 rings (SSSR count). The smallest absolute Gasteiger partial charge is 0.307 e. The second-order valence-electron chi connectivity index (χ2n) is 6.02. The van der Waals surface area contributed by atoms with Crippen LogP contribution in [0.15, 0.2) is 18.2 Å². The van der Waals surface area contributed by atoms with Crippen LogP contribution in [-0.4, -0.2) is 26.2 Å². The maximum Gasteiger partial charge on any atom is 0.307 e. The third-order valence-corrected chi connectivity index (χ3v) is 3.29. The zero-order valence-corrected chi connectivity index (χ0v) is 13.0. The molecule has 112 valence electrons. The van der Waals surface area contributed by atoms with Gasteiger partial charge in [0.1, 0.15) is 5.75 Å². The van der Waals surface area contributed by atoms with Gasteiger partial charge in [-0.2, -0.15) is 0 Å². The van der Waals surface area contributed by atoms with Crippen molar-refractivity contribution in [3.05, 3.63) is 29.3 Å². The highest BCUT2D eigenvalue weighted by Gasteiger charge is 2.18. The predicted molar refractivity (Wildman–Crippen MR) is 80.0 cm³/mol. The average molecular weight is 279 g/mol. The van der Waals surface area contributed by atoms with Crippen molar-refractivity contribution in [1.82, 2.24) is 0 Å². The summed E-state index contributed by atoms with van der Waals surface area (Å²) >= 11 is 0. The Morgan fingerprint density at radius 3 is 2.45 bits per heavy atom. The van der Waals surface area contributed by atoms with E-state index in [2.05, 4.69) is 37.6 Å². The van der Waals surface area contributed by atoms with Gasteiger partial charge in [0, 0.05) is 6.04 Å². The van der Waals surface area contributed by atoms with Crippen LogP contribution in [0.25, 0.3) is 0 Å². The molecule has 4 nitrogen and oxygen atoms in total. The van der Waals surface area contributed by atoms with Gasteiger partial charge in [0.2, 0.25) is 0 Å². The van der Waals surface area contributed by atoms with E-state index in [9.17, 15) is 4.79 Å². The van der Waals surface area contributed by atoms with E-state index in [1.807, 2.05) is 6.07 Å². The molecule has 0 bridgehead atoms. The molecule has 4 heteroatoms. The Labute approximate surface area is 121 Å². The number of hydrogen-bond acceptors (Lipinski definition) is 4. The van der Waals surface area contributed by atoms with Gasteiger partial charge in [-0.05, 0) is 29.0 Å². The Morgan fingerprint density at radius 2 is 1.95 bits per heavy atom. The van der Waals surface area contributed by atoms with Crippen LogP contribution in [0.4, 0.5) is 0 Å². The van der Waals surface area contributed by atoms with Gasteiger partial charge in [-0.15, -0.1) is 0 Å². The summed E-state index contributed by atoms with van der Waals surface area (Å²) in [6.45, 7) is 6.48. The van der Waals surface area contributed by atoms with Crippen LogP contribution in [0.2, 0.25) is 0 Å². The Hall–Kier alpha value is -1.55. The van der Waals surface area contributed by atoms with Crippen LogP contribution < -0.4 is 10.5 Å². The first-order valence-corrected chi connectivity index (χ1v) is 6.77. The van der Waals surface area contributed by atoms with E-state index >= 15 is 0 Å². The number of carbonyl (C=O) groups is 1. The number of rotatable bonds is 5. The summed E-state index contributed by atoms with van der Waals surface area (Å²) in [5, 5.41) is 0. The van der Waals surface area contributed by atoms with E-state index in [0.717, 1.165) is 11.3 Å². The molecule has 0 saturated heterocycles. The van der Waals surface area contributed by atoms with E-state index in [1.165, 1.54) is 12.7 Å². The largest absolute Gasteiger partial charge is 0.496 e. The zero-order chi connectivity index (χ0) is 15.3. The molecule has 1 atom stereocenters. The lowest BCUT2D eigenvalue weighted by Crippen LogP contribution is -2.27. The molecule has 20 heavy (non-hydrogen) atoms. The SMILES string of the molecule is COC(=O)CC(N)Cc1cc(C(C)(C)C)ccc1OC. The van der Waals surface area contributed by atoms with Gasteiger partial charge in [-0.25, -0.2) is 0 Å². The summed E-state index contributed by atoms with van der Waals surface area (Å²) in [7, 11) is 3.01. The van der Waals surface area contributed by atoms with Crippen molar-refractivity contribution < 1.29 is 14.3 Å². The van der Waals surface area contributed by atoms with Crippen molar-refractivity contribution in [2.45, 2.75) is 45.1 Å². The van der Waals surface area contributed by atoms with Crippen molar-refractivity contribution in [2.24, 2.45) is 5.73 Å². The topological polar surface area (TPSA) is 61.5 Å². The molecule has 0 aliphatic carbocycles. The highest BCUT2D eigenvalue weighted by Crippen LogP contribution is 2.28. The molecule has 0 aliphatic rings. The van der Waals surface area contributed by atoms with Crippen LogP contribution in [0.3, 0.4) is 0 Å². The van der Waals surface area contributed by atoms with Crippen LogP contribution in [0.1, 0.15) is 38.3 Å². The lowest BCUT2D eigenvalue weighted by Gasteiger charge is -2.22. The number of benzene rings is 1. The lowest BCUT2D eigenvalue weighted by molar-refractivity contribution is -0.140. The molecule has 0 amide bonds. The minimum atomic E-state index is -0.288. The maximum absolute atomic E-state index is 11.3. The first-order chi connectivity index (χ1) is 9.27. The van der Waals surface area contributed by atoms with Crippen LogP contribution in [0.5, 0.6) is 5.75 Å². The standard InChI is InChI=1S/C16H25NO3/c1-16(2,3)12-6-7-14(19-4)11(8-12)9-13(17)10-15(18)20-5/h6-8,13H,9-10,17H2,1-5H3. The fraction of sp³-hybridized carbons (Fsp3) is 0.562. The Morgan fingerprint density at radius 1 is 1.30 bits per heavy atom. The Balaban J connectivity index is 2.94. The van der Waals surface area contributed by atoms with Gasteiger partial charge in [-0.3, -0.25) is 4.79 Å². The maximum atomic E-state index is 11.3. The van der Waals surface area contributed by atoms with Crippen molar-refractivity contribution in [1.29, 1.82) is 0 Å². The van der Waals surface area contributed by atoms with Crippen molar-refractivity contribution in [3.8, 4) is 5.75 Å². The molecule has 0 aromatic heterocycles. The Bertz CT molecular complexity index is 463. The van der Waals surface area contributed by atoms with Crippen LogP contribution in [0, 0.1) is 0 Å². The van der Waals surface area contributed by atoms with Crippen molar-refractivity contribution in [3.63, 3.8) is 0 Å². The summed E-state index contributed by atoms with van der Waals surface area (Å²) in [5.74, 6) is 0.516. The third kappa shape index (κ3) is 4.53. The molecule has 0 saturated carbocycles. The summed E-state index contributed by atoms with van der Waals surface area (Å²) in [6.07, 6.45) is 0.793. The molecule has 2 N–H and O–H groups in total. The fourth-order valence-corrected chi connectivity index (χ4v) is 2.06. The highest BCUT2D eigenvalue weighted by atomic mass is 16.5. The first kappa shape index (κ1) is 16.5. The predicted octanol–water partition coefficient (Wildman–Crippen LogP) is 2.43. The number of hydrogen-bond donors (Lipinski definition) is 1. The second-order valence-corrected chi connectivity index (χ2v) is 6.02. The van der Waals surface area contributed by atoms with E-state index in [0.29, 0.717) is 6.42 Å². The zero-order valence-electron chi connectivity index (χ0n) is 13.0. The first-order valence-electron chi connectivity index (χ1n) is 6.77. The third-order valence-electron chi connectivity index (χ3n) is 3.29. The molecular weight excluding hydrogens is 254 g/mol. The second kappa shape index (κ2) is 6.75. The molecule has 0 heterocycles. The van der Waals surface area contributed by atoms with Crippen LogP contribution in [-0.2, 0) is 21.4 Å². The molecule has 1 aromatic carbocycles. The van der Waals surface area contributed by atoms with Gasteiger partial charge in [0.05, 0.1) is 20.6 Å². The molecule has 0 fully saturated rings. The number of nitrogens with two attached hydrogens (primary N) is 1. The van der Waals surface area contributed by atoms with Gasteiger partial charge < -0.3 is 15.2 Å². The summed E-state index contributed by atoms with van der Waals surface area (Å²) < 4.78 is 10.0. The van der Waals surface area contributed by atoms with Crippen molar-refractivity contribution >= 4 is 5.97 Å². The highest BCUT2D eigenvalue weighted by molar-refractivity contribution is 5.70. The molecule has 0 aliphatic heterocycles. The van der Waals surface area contributed by atoms with Crippen molar-refractivity contribution in [2.75, 3.05) is 14.2 Å². The number of esters is 1. The summed E-state index contributed by atoms with van der Waals surface area (Å²) in [6, 6.07) is 5.86. The minimum Gasteiger partial charge on any atom is -0.496 e. The summed E-state index contributed by atoms with van der Waals surface area (Å²) in [4.78, 5) is 11.3. The number of ether oxygens (including phenoxy) is 2. The quantitative estimate of drug-likeness (QED) is 0.841. The number of methoxy groups -OCH3 is 2. The van der Waals surface area contributed by atoms with E-state index < -0.39 is 0 Å². The van der Waals surface area contributed by atoms with Crippen LogP contribution >= 0.6 is 0 Å². The molecule has 0 radical (unpaired) electrons. The Kier molecular flexibility index (Phi) is 5.57. The fourth-order valence-electron chi connectivity index (χ4n) is 2.06. The lowest BCUT2D eigenvalue weighted by atomic mass is 9.85. The molecular formula is C16H25NO3. The monoisotopic (exact) mass is 279 g/mol. The van der Waals surface area contributed by atoms with Gasteiger partial charge in [0.15, 0.2) is 0 Å². The van der Waals surface area contributed by atoms with E-state index in [-0.39, 0.29) is 23.8 Å². The molecule has 1 aromatic rings. The van der Waals surface area contributed by atoms with Gasteiger partial charge in [-0.1, -0.05) is 32.9 Å². The number of carbonyl (C=O) groups excluding carboxylic acids is 1. The van der Waals surface area contributed by atoms with Gasteiger partial charge >= 0.3 is 5.97 Å². The van der Waals surface area contributed by atoms with Gasteiger partial charge in [0.25, 0.3) is 0 Å². The summed E-state index contributed by atoms with van der Waals surface area (Å²) in [5.41, 5.74) is 8.32.